The fraction of sp³-hybridized carbons (Fsp3) is 1.00. The summed E-state index contributed by atoms with van der Waals surface area (Å²) in [4.78, 5) is 0. The maximum Gasteiger partial charge on any atom is 0.132 e. The summed E-state index contributed by atoms with van der Waals surface area (Å²) in [6.45, 7) is 0. The van der Waals surface area contributed by atoms with Gasteiger partial charge < -0.3 is 0 Å². The number of rotatable bonds is 1. The number of thiol groups is 1. The second kappa shape index (κ2) is 2.95. The molecule has 0 nitrogen and oxygen atoms in total. The molecule has 0 unspecified atom stereocenters. The van der Waals surface area contributed by atoms with Gasteiger partial charge in [-0.2, -0.15) is 0 Å². The van der Waals surface area contributed by atoms with Gasteiger partial charge in [0.25, 0.3) is 0 Å². The third-order valence-electron chi connectivity index (χ3n) is 0.161. The molecule has 0 radical (unpaired) electrons. The smallest absolute Gasteiger partial charge is 0.132 e. The van der Waals surface area contributed by atoms with Crippen LogP contribution in [0.2, 0.25) is 0 Å². The van der Waals surface area contributed by atoms with E-state index < -0.39 is 0 Å². The quantitative estimate of drug-likeness (QED) is 0.558. The number of hydrogen-bond donors (Lipinski definition) is 1. The van der Waals surface area contributed by atoms with Gasteiger partial charge >= 0.3 is 0 Å². The molecule has 0 heterocycles. The minimum absolute atomic E-state index is 0.222. The molecule has 0 aliphatic heterocycles. The lowest BCUT2D eigenvalue weighted by Crippen LogP contribution is -1.99. The molecule has 38 valence electrons. The molecule has 0 saturated carbocycles. The highest BCUT2D eigenvalue weighted by molar-refractivity contribution is 9.28. The third kappa shape index (κ3) is 5.79. The molecule has 0 aromatic heterocycles. The van der Waals surface area contributed by atoms with E-state index in [-0.39, 0.29) is 2.57 Å². The summed E-state index contributed by atoms with van der Waals surface area (Å²) in [5.41, 5.74) is 0. The van der Waals surface area contributed by atoms with Crippen molar-refractivity contribution in [3.63, 3.8) is 0 Å². The van der Waals surface area contributed by atoms with Crippen LogP contribution < -0.4 is 0 Å². The highest BCUT2D eigenvalue weighted by atomic mass is 79.9. The standard InChI is InChI=1S/C2H3Br3S/c3-1-2(4,5)6/h6H,1H2. The molecule has 0 atom stereocenters. The van der Waals surface area contributed by atoms with Crippen LogP contribution in [-0.4, -0.2) is 7.90 Å². The average Bonchev–Trinajstić information content (AvgIpc) is 1.35. The van der Waals surface area contributed by atoms with Gasteiger partial charge in [0.2, 0.25) is 0 Å². The SMILES string of the molecule is SC(Br)(Br)CBr. The van der Waals surface area contributed by atoms with Gasteiger partial charge in [0.15, 0.2) is 0 Å². The molecule has 0 saturated heterocycles. The van der Waals surface area contributed by atoms with Crippen molar-refractivity contribution in [2.75, 3.05) is 5.33 Å². The van der Waals surface area contributed by atoms with Gasteiger partial charge in [-0.1, -0.05) is 47.8 Å². The summed E-state index contributed by atoms with van der Waals surface area (Å²) in [5, 5.41) is 0.781. The molecule has 4 heteroatoms. The lowest BCUT2D eigenvalue weighted by Gasteiger charge is -2.04. The molecular formula is C2H3Br3S. The van der Waals surface area contributed by atoms with Crippen LogP contribution >= 0.6 is 60.4 Å². The Balaban J connectivity index is 3.17. The maximum atomic E-state index is 4.04. The highest BCUT2D eigenvalue weighted by Crippen LogP contribution is 2.31. The summed E-state index contributed by atoms with van der Waals surface area (Å²) >= 11 is 13.7. The Labute approximate surface area is 67.9 Å². The van der Waals surface area contributed by atoms with Crippen LogP contribution in [0.1, 0.15) is 0 Å². The Kier molecular flexibility index (Phi) is 3.83. The van der Waals surface area contributed by atoms with Gasteiger partial charge in [-0.3, -0.25) is 0 Å². The second-order valence-corrected chi connectivity index (χ2v) is 7.12. The highest BCUT2D eigenvalue weighted by Gasteiger charge is 2.11. The van der Waals surface area contributed by atoms with E-state index in [1.54, 1.807) is 0 Å². The average molecular weight is 299 g/mol. The van der Waals surface area contributed by atoms with Crippen LogP contribution in [0.5, 0.6) is 0 Å². The van der Waals surface area contributed by atoms with Gasteiger partial charge in [-0.15, -0.1) is 12.6 Å². The van der Waals surface area contributed by atoms with Crippen molar-refractivity contribution >= 4 is 60.4 Å². The molecule has 0 rings (SSSR count). The van der Waals surface area contributed by atoms with Crippen LogP contribution in [0.4, 0.5) is 0 Å². The van der Waals surface area contributed by atoms with Crippen molar-refractivity contribution in [3.05, 3.63) is 0 Å². The Morgan fingerprint density at radius 2 is 1.67 bits per heavy atom. The Bertz CT molecular complexity index is 38.5. The zero-order valence-corrected chi connectivity index (χ0v) is 8.44. The zero-order valence-electron chi connectivity index (χ0n) is 2.79. The Morgan fingerprint density at radius 3 is 1.67 bits per heavy atom. The molecule has 0 aliphatic rings. The summed E-state index contributed by atoms with van der Waals surface area (Å²) in [6.07, 6.45) is 0. The van der Waals surface area contributed by atoms with E-state index in [0.717, 1.165) is 5.33 Å². The van der Waals surface area contributed by atoms with E-state index >= 15 is 0 Å². The molecule has 0 amide bonds. The predicted molar refractivity (Wildman–Crippen MR) is 43.4 cm³/mol. The van der Waals surface area contributed by atoms with Gasteiger partial charge in [0.1, 0.15) is 2.57 Å². The van der Waals surface area contributed by atoms with Crippen molar-refractivity contribution in [3.8, 4) is 0 Å². The van der Waals surface area contributed by atoms with Crippen molar-refractivity contribution in [1.82, 2.24) is 0 Å². The number of halogens is 3. The molecule has 0 aromatic rings. The van der Waals surface area contributed by atoms with E-state index in [9.17, 15) is 0 Å². The topological polar surface area (TPSA) is 0 Å². The lowest BCUT2D eigenvalue weighted by molar-refractivity contribution is 1.45. The molecule has 0 spiro atoms. The van der Waals surface area contributed by atoms with Crippen LogP contribution in [-0.2, 0) is 0 Å². The summed E-state index contributed by atoms with van der Waals surface area (Å²) < 4.78 is -0.222. The van der Waals surface area contributed by atoms with E-state index in [0.29, 0.717) is 0 Å². The largest absolute Gasteiger partial charge is 0.149 e. The Morgan fingerprint density at radius 1 is 1.50 bits per heavy atom. The van der Waals surface area contributed by atoms with E-state index in [2.05, 4.69) is 60.4 Å². The first-order valence-corrected chi connectivity index (χ1v) is 4.38. The van der Waals surface area contributed by atoms with Gasteiger partial charge in [0.05, 0.1) is 0 Å². The van der Waals surface area contributed by atoms with Crippen LogP contribution in [0.3, 0.4) is 0 Å². The van der Waals surface area contributed by atoms with E-state index in [1.807, 2.05) is 0 Å². The maximum absolute atomic E-state index is 4.04. The molecule has 0 bridgehead atoms. The van der Waals surface area contributed by atoms with Gasteiger partial charge in [-0.05, 0) is 0 Å². The van der Waals surface area contributed by atoms with Crippen molar-refractivity contribution in [1.29, 1.82) is 0 Å². The predicted octanol–water partition coefficient (Wildman–Crippen LogP) is 2.75. The first-order chi connectivity index (χ1) is 2.56. The summed E-state index contributed by atoms with van der Waals surface area (Å²) in [7, 11) is 0. The monoisotopic (exact) mass is 296 g/mol. The molecular weight excluding hydrogens is 296 g/mol. The van der Waals surface area contributed by atoms with Crippen LogP contribution in [0.15, 0.2) is 0 Å². The second-order valence-electron chi connectivity index (χ2n) is 0.799. The summed E-state index contributed by atoms with van der Waals surface area (Å²) in [5.74, 6) is 0. The van der Waals surface area contributed by atoms with Crippen molar-refractivity contribution < 1.29 is 0 Å². The van der Waals surface area contributed by atoms with Gasteiger partial charge in [0, 0.05) is 5.33 Å². The van der Waals surface area contributed by atoms with E-state index in [1.165, 1.54) is 0 Å². The minimum atomic E-state index is -0.222. The van der Waals surface area contributed by atoms with Crippen LogP contribution in [0, 0.1) is 0 Å². The number of hydrogen-bond acceptors (Lipinski definition) is 1. The fourth-order valence-electron chi connectivity index (χ4n) is 0. The zero-order chi connectivity index (χ0) is 5.21. The van der Waals surface area contributed by atoms with Crippen molar-refractivity contribution in [2.24, 2.45) is 0 Å². The molecule has 6 heavy (non-hydrogen) atoms. The minimum Gasteiger partial charge on any atom is -0.149 e. The van der Waals surface area contributed by atoms with Crippen LogP contribution in [0.25, 0.3) is 0 Å². The third-order valence-corrected chi connectivity index (χ3v) is 3.66. The summed E-state index contributed by atoms with van der Waals surface area (Å²) in [6, 6.07) is 0. The van der Waals surface area contributed by atoms with E-state index in [4.69, 9.17) is 0 Å². The number of alkyl halides is 3. The molecule has 0 aliphatic carbocycles. The molecule has 0 aromatic carbocycles. The first kappa shape index (κ1) is 7.79. The Hall–Kier alpha value is 1.79. The normalized spacial score (nSPS) is 12.0. The fourth-order valence-corrected chi connectivity index (χ4v) is 0. The lowest BCUT2D eigenvalue weighted by atomic mass is 11.0. The molecule has 0 fully saturated rings. The van der Waals surface area contributed by atoms with Crippen molar-refractivity contribution in [2.45, 2.75) is 2.57 Å². The first-order valence-electron chi connectivity index (χ1n) is 1.22. The molecule has 0 N–H and O–H groups in total. The van der Waals surface area contributed by atoms with Gasteiger partial charge in [-0.25, -0.2) is 0 Å².